The number of amides is 2. The molecule has 1 saturated carbocycles. The van der Waals surface area contributed by atoms with Crippen molar-refractivity contribution in [1.29, 1.82) is 0 Å². The molecule has 0 aromatic heterocycles. The molecule has 7 heteroatoms. The van der Waals surface area contributed by atoms with Gasteiger partial charge in [-0.15, -0.1) is 0 Å². The van der Waals surface area contributed by atoms with E-state index in [9.17, 15) is 4.79 Å². The number of nitrogens with zero attached hydrogens (tertiary/aromatic N) is 2. The highest BCUT2D eigenvalue weighted by molar-refractivity contribution is 6.32. The number of hydrogen-bond donors (Lipinski definition) is 2. The Balaban J connectivity index is 1.44. The van der Waals surface area contributed by atoms with E-state index in [0.29, 0.717) is 11.1 Å². The number of rotatable bonds is 7. The highest BCUT2D eigenvalue weighted by Crippen LogP contribution is 2.37. The first-order chi connectivity index (χ1) is 14.5. The molecule has 6 nitrogen and oxygen atoms in total. The molecule has 30 heavy (non-hydrogen) atoms. The molecule has 168 valence electrons. The Hall–Kier alpha value is -1.66. The van der Waals surface area contributed by atoms with Crippen LogP contribution in [-0.2, 0) is 6.42 Å². The lowest BCUT2D eigenvalue weighted by atomic mass is 9.84. The van der Waals surface area contributed by atoms with Crippen LogP contribution < -0.4 is 20.3 Å². The summed E-state index contributed by atoms with van der Waals surface area (Å²) in [5.41, 5.74) is 2.38. The summed E-state index contributed by atoms with van der Waals surface area (Å²) in [7, 11) is 3.37. The molecule has 1 aliphatic heterocycles. The molecule has 2 fully saturated rings. The molecule has 0 spiro atoms. The van der Waals surface area contributed by atoms with E-state index in [1.807, 2.05) is 6.07 Å². The molecule has 2 amide bonds. The topological polar surface area (TPSA) is 56.8 Å². The highest BCUT2D eigenvalue weighted by atomic mass is 35.5. The molecule has 1 saturated heterocycles. The second-order valence-corrected chi connectivity index (χ2v) is 8.95. The van der Waals surface area contributed by atoms with Crippen LogP contribution in [0.5, 0.6) is 5.75 Å². The zero-order valence-corrected chi connectivity index (χ0v) is 19.4. The normalized spacial score (nSPS) is 22.6. The number of methoxy groups -OCH3 is 1. The number of anilines is 1. The lowest BCUT2D eigenvalue weighted by Crippen LogP contribution is -2.47. The fourth-order valence-corrected chi connectivity index (χ4v) is 5.02. The van der Waals surface area contributed by atoms with Crippen LogP contribution in [0.1, 0.15) is 44.6 Å². The summed E-state index contributed by atoms with van der Waals surface area (Å²) in [6.45, 7) is 7.47. The third kappa shape index (κ3) is 5.94. The van der Waals surface area contributed by atoms with Gasteiger partial charge in [-0.25, -0.2) is 4.79 Å². The van der Waals surface area contributed by atoms with Crippen molar-refractivity contribution in [3.8, 4) is 5.75 Å². The van der Waals surface area contributed by atoms with E-state index in [4.69, 9.17) is 16.3 Å². The lowest BCUT2D eigenvalue weighted by molar-refractivity contribution is 0.205. The minimum Gasteiger partial charge on any atom is -0.493 e. The summed E-state index contributed by atoms with van der Waals surface area (Å²) in [6, 6.07) is 4.52. The lowest BCUT2D eigenvalue weighted by Gasteiger charge is -2.38. The largest absolute Gasteiger partial charge is 0.493 e. The number of piperazine rings is 1. The zero-order chi connectivity index (χ0) is 21.5. The first-order valence-corrected chi connectivity index (χ1v) is 11.7. The maximum atomic E-state index is 11.5. The minimum atomic E-state index is -0.0567. The van der Waals surface area contributed by atoms with Crippen LogP contribution in [0.15, 0.2) is 12.1 Å². The number of benzene rings is 1. The minimum absolute atomic E-state index is 0.0567. The number of carbonyl (C=O) groups is 1. The first kappa shape index (κ1) is 23.0. The molecule has 0 radical (unpaired) electrons. The summed E-state index contributed by atoms with van der Waals surface area (Å²) in [4.78, 5) is 16.5. The molecule has 1 aliphatic carbocycles. The van der Waals surface area contributed by atoms with Crippen molar-refractivity contribution in [3.05, 3.63) is 22.7 Å². The second-order valence-electron chi connectivity index (χ2n) is 8.54. The molecule has 0 bridgehead atoms. The summed E-state index contributed by atoms with van der Waals surface area (Å²) in [5.74, 6) is 1.58. The van der Waals surface area contributed by atoms with Crippen LogP contribution in [-0.4, -0.2) is 63.9 Å². The van der Waals surface area contributed by atoms with Crippen LogP contribution in [0.2, 0.25) is 5.02 Å². The molecule has 0 unspecified atom stereocenters. The van der Waals surface area contributed by atoms with Crippen molar-refractivity contribution in [2.24, 2.45) is 5.92 Å². The number of aryl methyl sites for hydroxylation is 1. The summed E-state index contributed by atoms with van der Waals surface area (Å²) in [6.07, 6.45) is 6.85. The Kier molecular flexibility index (Phi) is 8.51. The quantitative estimate of drug-likeness (QED) is 0.680. The van der Waals surface area contributed by atoms with Crippen LogP contribution in [0.4, 0.5) is 10.5 Å². The summed E-state index contributed by atoms with van der Waals surface area (Å²) in [5, 5.41) is 6.40. The fourth-order valence-electron chi connectivity index (χ4n) is 4.71. The first-order valence-electron chi connectivity index (χ1n) is 11.4. The van der Waals surface area contributed by atoms with Gasteiger partial charge in [-0.3, -0.25) is 4.90 Å². The maximum absolute atomic E-state index is 11.5. The number of nitrogens with one attached hydrogen (secondary N) is 2. The molecule has 1 heterocycles. The predicted octanol–water partition coefficient (Wildman–Crippen LogP) is 3.91. The van der Waals surface area contributed by atoms with Crippen molar-refractivity contribution < 1.29 is 9.53 Å². The van der Waals surface area contributed by atoms with E-state index in [1.165, 1.54) is 31.4 Å². The van der Waals surface area contributed by atoms with Gasteiger partial charge in [-0.1, -0.05) is 18.5 Å². The molecule has 1 aromatic carbocycles. The van der Waals surface area contributed by atoms with E-state index in [1.54, 1.807) is 14.2 Å². The van der Waals surface area contributed by atoms with E-state index in [0.717, 1.165) is 62.8 Å². The number of carbonyl (C=O) groups excluding carboxylic acids is 1. The molecule has 2 N–H and O–H groups in total. The summed E-state index contributed by atoms with van der Waals surface area (Å²) >= 11 is 6.45. The van der Waals surface area contributed by atoms with Gasteiger partial charge >= 0.3 is 6.03 Å². The second kappa shape index (κ2) is 11.1. The standard InChI is InChI=1S/C23H37ClN4O2/c1-4-17-15-20(24)22(30-3)21(16-17)28-13-11-27(12-14-28)10-9-18-5-7-19(8-6-18)26-23(29)25-2/h15-16,18-19H,4-14H2,1-3H3,(H2,25,26,29)/t18-,19-. The Morgan fingerprint density at radius 3 is 2.47 bits per heavy atom. The molecule has 3 rings (SSSR count). The number of ether oxygens (including phenoxy) is 1. The van der Waals surface area contributed by atoms with Gasteiger partial charge in [0.1, 0.15) is 0 Å². The van der Waals surface area contributed by atoms with Crippen molar-refractivity contribution in [1.82, 2.24) is 15.5 Å². The Bertz CT molecular complexity index is 699. The van der Waals surface area contributed by atoms with E-state index in [2.05, 4.69) is 33.4 Å². The van der Waals surface area contributed by atoms with Gasteiger partial charge in [0.25, 0.3) is 0 Å². The van der Waals surface area contributed by atoms with Crippen molar-refractivity contribution in [3.63, 3.8) is 0 Å². The van der Waals surface area contributed by atoms with E-state index < -0.39 is 0 Å². The monoisotopic (exact) mass is 436 g/mol. The van der Waals surface area contributed by atoms with Crippen molar-refractivity contribution >= 4 is 23.3 Å². The Morgan fingerprint density at radius 1 is 1.17 bits per heavy atom. The average Bonchev–Trinajstić information content (AvgIpc) is 2.78. The van der Waals surface area contributed by atoms with Crippen LogP contribution in [0.25, 0.3) is 0 Å². The smallest absolute Gasteiger partial charge is 0.314 e. The van der Waals surface area contributed by atoms with Gasteiger partial charge < -0.3 is 20.3 Å². The SMILES string of the molecule is CCc1cc(Cl)c(OC)c(N2CCN(CC[C@H]3CC[C@H](NC(=O)NC)CC3)CC2)c1. The Morgan fingerprint density at radius 2 is 1.87 bits per heavy atom. The summed E-state index contributed by atoms with van der Waals surface area (Å²) < 4.78 is 5.60. The highest BCUT2D eigenvalue weighted by Gasteiger charge is 2.25. The predicted molar refractivity (Wildman–Crippen MR) is 124 cm³/mol. The van der Waals surface area contributed by atoms with Crippen LogP contribution in [0, 0.1) is 5.92 Å². The molecule has 2 aliphatic rings. The molecule has 1 aromatic rings. The third-order valence-corrected chi connectivity index (χ3v) is 6.95. The maximum Gasteiger partial charge on any atom is 0.314 e. The molecule has 0 atom stereocenters. The zero-order valence-electron chi connectivity index (χ0n) is 18.7. The van der Waals surface area contributed by atoms with Gasteiger partial charge in [-0.2, -0.15) is 0 Å². The molecular formula is C23H37ClN4O2. The number of hydrogen-bond acceptors (Lipinski definition) is 4. The van der Waals surface area contributed by atoms with Crippen molar-refractivity contribution in [2.45, 2.75) is 51.5 Å². The van der Waals surface area contributed by atoms with Gasteiger partial charge in [-0.05, 0) is 68.7 Å². The van der Waals surface area contributed by atoms with Crippen molar-refractivity contribution in [2.75, 3.05) is 51.8 Å². The van der Waals surface area contributed by atoms with Gasteiger partial charge in [0.15, 0.2) is 5.75 Å². The average molecular weight is 437 g/mol. The van der Waals surface area contributed by atoms with E-state index >= 15 is 0 Å². The van der Waals surface area contributed by atoms with E-state index in [-0.39, 0.29) is 6.03 Å². The Labute approximate surface area is 186 Å². The van der Waals surface area contributed by atoms with Crippen LogP contribution in [0.3, 0.4) is 0 Å². The third-order valence-electron chi connectivity index (χ3n) is 6.67. The van der Waals surface area contributed by atoms with Gasteiger partial charge in [0, 0.05) is 39.3 Å². The van der Waals surface area contributed by atoms with Crippen LogP contribution >= 0.6 is 11.6 Å². The number of halogens is 1. The van der Waals surface area contributed by atoms with Gasteiger partial charge in [0.05, 0.1) is 17.8 Å². The number of urea groups is 1. The fraction of sp³-hybridized carbons (Fsp3) is 0.696. The molecular weight excluding hydrogens is 400 g/mol. The van der Waals surface area contributed by atoms with Gasteiger partial charge in [0.2, 0.25) is 0 Å².